The molecule has 0 radical (unpaired) electrons. The fourth-order valence-corrected chi connectivity index (χ4v) is 5.70. The molecule has 0 aromatic carbocycles. The standard InChI is InChI=1S/C25H39BrN2O3/c1-16(2)30-23(29)22(31-24(5,6)7)19-17(3)27-18(4)20(26)21(19)28-14-12-25(13-15-28)10-8-9-11-25/h16,22H,8-15H2,1-7H3. The number of anilines is 1. The largest absolute Gasteiger partial charge is 0.461 e. The summed E-state index contributed by atoms with van der Waals surface area (Å²) in [6, 6.07) is 0. The molecular formula is C25H39BrN2O3. The zero-order valence-corrected chi connectivity index (χ0v) is 21.9. The van der Waals surface area contributed by atoms with E-state index in [1.54, 1.807) is 0 Å². The van der Waals surface area contributed by atoms with Crippen molar-refractivity contribution in [2.75, 3.05) is 18.0 Å². The Labute approximate surface area is 196 Å². The Balaban J connectivity index is 2.03. The highest BCUT2D eigenvalue weighted by atomic mass is 79.9. The predicted molar refractivity (Wildman–Crippen MR) is 129 cm³/mol. The highest BCUT2D eigenvalue weighted by molar-refractivity contribution is 9.10. The summed E-state index contributed by atoms with van der Waals surface area (Å²) in [5, 5.41) is 0. The number of carbonyl (C=O) groups is 1. The topological polar surface area (TPSA) is 51.7 Å². The monoisotopic (exact) mass is 494 g/mol. The summed E-state index contributed by atoms with van der Waals surface area (Å²) in [5.74, 6) is -0.351. The van der Waals surface area contributed by atoms with E-state index in [1.165, 1.54) is 38.5 Å². The molecule has 1 saturated carbocycles. The van der Waals surface area contributed by atoms with Crippen molar-refractivity contribution in [2.45, 2.75) is 105 Å². The number of pyridine rings is 1. The summed E-state index contributed by atoms with van der Waals surface area (Å²) < 4.78 is 12.9. The molecule has 2 aliphatic rings. The Morgan fingerprint density at radius 2 is 1.65 bits per heavy atom. The predicted octanol–water partition coefficient (Wildman–Crippen LogP) is 6.43. The summed E-state index contributed by atoms with van der Waals surface area (Å²) in [4.78, 5) is 20.4. The van der Waals surface area contributed by atoms with Crippen LogP contribution in [0.5, 0.6) is 0 Å². The van der Waals surface area contributed by atoms with Gasteiger partial charge in [0.25, 0.3) is 0 Å². The fourth-order valence-electron chi connectivity index (χ4n) is 5.15. The average molecular weight is 496 g/mol. The fraction of sp³-hybridized carbons (Fsp3) is 0.760. The minimum atomic E-state index is -0.816. The molecule has 31 heavy (non-hydrogen) atoms. The van der Waals surface area contributed by atoms with Gasteiger partial charge < -0.3 is 14.4 Å². The first-order valence-electron chi connectivity index (χ1n) is 11.7. The van der Waals surface area contributed by atoms with Gasteiger partial charge in [-0.2, -0.15) is 0 Å². The molecule has 0 bridgehead atoms. The lowest BCUT2D eigenvalue weighted by Crippen LogP contribution is -2.40. The van der Waals surface area contributed by atoms with E-state index in [4.69, 9.17) is 14.5 Å². The first kappa shape index (κ1) is 24.5. The number of rotatable bonds is 5. The number of piperidine rings is 1. The molecule has 1 spiro atoms. The SMILES string of the molecule is Cc1nc(C)c(C(OC(C)(C)C)C(=O)OC(C)C)c(N2CCC3(CCCC3)CC2)c1Br. The van der Waals surface area contributed by atoms with Crippen LogP contribution in [0.15, 0.2) is 4.47 Å². The van der Waals surface area contributed by atoms with Gasteiger partial charge in [-0.3, -0.25) is 4.98 Å². The molecule has 2 fully saturated rings. The normalized spacial score (nSPS) is 19.8. The smallest absolute Gasteiger partial charge is 0.340 e. The quantitative estimate of drug-likeness (QED) is 0.441. The number of aryl methyl sites for hydroxylation is 2. The maximum atomic E-state index is 13.2. The van der Waals surface area contributed by atoms with E-state index < -0.39 is 11.7 Å². The Morgan fingerprint density at radius 1 is 1.06 bits per heavy atom. The number of aromatic nitrogens is 1. The molecule has 0 amide bonds. The van der Waals surface area contributed by atoms with Crippen LogP contribution < -0.4 is 4.90 Å². The van der Waals surface area contributed by atoms with Crippen molar-refractivity contribution in [3.63, 3.8) is 0 Å². The van der Waals surface area contributed by atoms with Crippen LogP contribution in [-0.2, 0) is 14.3 Å². The van der Waals surface area contributed by atoms with Crippen molar-refractivity contribution in [2.24, 2.45) is 5.41 Å². The van der Waals surface area contributed by atoms with Crippen LogP contribution in [0.25, 0.3) is 0 Å². The maximum Gasteiger partial charge on any atom is 0.340 e. The van der Waals surface area contributed by atoms with E-state index in [2.05, 4.69) is 20.8 Å². The number of carbonyl (C=O) groups excluding carboxylic acids is 1. The number of hydrogen-bond acceptors (Lipinski definition) is 5. The minimum absolute atomic E-state index is 0.207. The first-order chi connectivity index (χ1) is 14.4. The second-order valence-corrected chi connectivity index (χ2v) is 11.4. The highest BCUT2D eigenvalue weighted by Crippen LogP contribution is 2.49. The number of hydrogen-bond donors (Lipinski definition) is 0. The lowest BCUT2D eigenvalue weighted by Gasteiger charge is -2.42. The molecule has 1 unspecified atom stereocenters. The van der Waals surface area contributed by atoms with Gasteiger partial charge >= 0.3 is 5.97 Å². The van der Waals surface area contributed by atoms with Crippen LogP contribution in [0.1, 0.15) is 96.2 Å². The van der Waals surface area contributed by atoms with Crippen LogP contribution in [-0.4, -0.2) is 35.7 Å². The summed E-state index contributed by atoms with van der Waals surface area (Å²) in [6.07, 6.45) is 6.85. The van der Waals surface area contributed by atoms with Gasteiger partial charge in [-0.15, -0.1) is 0 Å². The van der Waals surface area contributed by atoms with Crippen LogP contribution in [0.4, 0.5) is 5.69 Å². The van der Waals surface area contributed by atoms with E-state index in [0.29, 0.717) is 5.41 Å². The molecule has 2 heterocycles. The summed E-state index contributed by atoms with van der Waals surface area (Å²) in [6.45, 7) is 15.6. The third kappa shape index (κ3) is 5.62. The lowest BCUT2D eigenvalue weighted by molar-refractivity contribution is -0.171. The van der Waals surface area contributed by atoms with E-state index in [9.17, 15) is 4.79 Å². The summed E-state index contributed by atoms with van der Waals surface area (Å²) >= 11 is 3.81. The van der Waals surface area contributed by atoms with E-state index in [1.807, 2.05) is 48.5 Å². The van der Waals surface area contributed by atoms with E-state index in [0.717, 1.165) is 40.2 Å². The van der Waals surface area contributed by atoms with Gasteiger partial charge in [-0.1, -0.05) is 12.8 Å². The molecule has 1 saturated heterocycles. The molecule has 6 heteroatoms. The van der Waals surface area contributed by atoms with Crippen molar-refractivity contribution in [1.29, 1.82) is 0 Å². The minimum Gasteiger partial charge on any atom is -0.461 e. The molecule has 1 aromatic rings. The van der Waals surface area contributed by atoms with Crippen LogP contribution >= 0.6 is 15.9 Å². The van der Waals surface area contributed by atoms with Gasteiger partial charge in [-0.25, -0.2) is 4.79 Å². The third-order valence-corrected chi connectivity index (χ3v) is 7.56. The molecule has 1 aromatic heterocycles. The molecule has 3 rings (SSSR count). The van der Waals surface area contributed by atoms with Gasteiger partial charge in [0.05, 0.1) is 27.6 Å². The zero-order valence-electron chi connectivity index (χ0n) is 20.3. The number of ether oxygens (including phenoxy) is 2. The highest BCUT2D eigenvalue weighted by Gasteiger charge is 2.40. The Bertz CT molecular complexity index is 800. The van der Waals surface area contributed by atoms with E-state index in [-0.39, 0.29) is 12.1 Å². The van der Waals surface area contributed by atoms with Crippen LogP contribution in [0, 0.1) is 19.3 Å². The second-order valence-electron chi connectivity index (χ2n) is 10.6. The Morgan fingerprint density at radius 3 is 2.16 bits per heavy atom. The molecular weight excluding hydrogens is 456 g/mol. The van der Waals surface area contributed by atoms with Gasteiger partial charge in [0.1, 0.15) is 0 Å². The summed E-state index contributed by atoms with van der Waals surface area (Å²) in [7, 11) is 0. The van der Waals surface area contributed by atoms with Crippen molar-refractivity contribution in [3.05, 3.63) is 21.4 Å². The van der Waals surface area contributed by atoms with Crippen molar-refractivity contribution in [1.82, 2.24) is 4.98 Å². The lowest BCUT2D eigenvalue weighted by atomic mass is 9.77. The Kier molecular flexibility index (Phi) is 7.42. The molecule has 1 aliphatic heterocycles. The summed E-state index contributed by atoms with van der Waals surface area (Å²) in [5.41, 5.74) is 3.67. The molecule has 5 nitrogen and oxygen atoms in total. The molecule has 174 valence electrons. The van der Waals surface area contributed by atoms with Gasteiger partial charge in [-0.05, 0) is 95.5 Å². The second kappa shape index (κ2) is 9.38. The van der Waals surface area contributed by atoms with Crippen molar-refractivity contribution in [3.8, 4) is 0 Å². The van der Waals surface area contributed by atoms with Crippen molar-refractivity contribution < 1.29 is 14.3 Å². The van der Waals surface area contributed by atoms with Crippen LogP contribution in [0.2, 0.25) is 0 Å². The zero-order chi connectivity index (χ0) is 23.0. The van der Waals surface area contributed by atoms with Gasteiger partial charge in [0.15, 0.2) is 6.10 Å². The molecule has 1 atom stereocenters. The number of halogens is 1. The van der Waals surface area contributed by atoms with Gasteiger partial charge in [0.2, 0.25) is 0 Å². The first-order valence-corrected chi connectivity index (χ1v) is 12.5. The Hall–Kier alpha value is -1.14. The van der Waals surface area contributed by atoms with Crippen LogP contribution in [0.3, 0.4) is 0 Å². The molecule has 1 aliphatic carbocycles. The van der Waals surface area contributed by atoms with E-state index >= 15 is 0 Å². The number of nitrogens with zero attached hydrogens (tertiary/aromatic N) is 2. The third-order valence-electron chi connectivity index (χ3n) is 6.61. The maximum absolute atomic E-state index is 13.2. The van der Waals surface area contributed by atoms with Crippen molar-refractivity contribution >= 4 is 27.6 Å². The number of esters is 1. The van der Waals surface area contributed by atoms with Gasteiger partial charge in [0, 0.05) is 24.3 Å². The average Bonchev–Trinajstić information content (AvgIpc) is 3.10. The molecule has 0 N–H and O–H groups in total.